The Morgan fingerprint density at radius 1 is 1.14 bits per heavy atom. The van der Waals surface area contributed by atoms with Crippen LogP contribution in [0.15, 0.2) is 18.2 Å². The molecule has 28 heavy (non-hydrogen) atoms. The van der Waals surface area contributed by atoms with Gasteiger partial charge in [0.25, 0.3) is 11.8 Å². The van der Waals surface area contributed by atoms with Crippen molar-refractivity contribution >= 4 is 23.6 Å². The van der Waals surface area contributed by atoms with Crippen molar-refractivity contribution in [3.63, 3.8) is 0 Å². The van der Waals surface area contributed by atoms with Crippen molar-refractivity contribution in [3.05, 3.63) is 34.9 Å². The van der Waals surface area contributed by atoms with Crippen LogP contribution in [0.3, 0.4) is 0 Å². The van der Waals surface area contributed by atoms with Crippen molar-refractivity contribution in [2.75, 3.05) is 13.1 Å². The molecule has 1 unspecified atom stereocenters. The van der Waals surface area contributed by atoms with E-state index < -0.39 is 29.7 Å². The summed E-state index contributed by atoms with van der Waals surface area (Å²) in [4.78, 5) is 49.8. The molecule has 3 atom stereocenters. The lowest BCUT2D eigenvalue weighted by Crippen LogP contribution is -2.54. The second-order valence-electron chi connectivity index (χ2n) is 7.45. The fourth-order valence-corrected chi connectivity index (χ4v) is 3.97. The first kappa shape index (κ1) is 18.7. The summed E-state index contributed by atoms with van der Waals surface area (Å²) >= 11 is 0. The van der Waals surface area contributed by atoms with E-state index in [0.29, 0.717) is 26.1 Å². The fourth-order valence-electron chi connectivity index (χ4n) is 3.97. The molecule has 0 saturated carbocycles. The third kappa shape index (κ3) is 3.44. The quantitative estimate of drug-likeness (QED) is 0.473. The minimum Gasteiger partial charge on any atom is -0.392 e. The van der Waals surface area contributed by atoms with Crippen molar-refractivity contribution in [1.82, 2.24) is 20.9 Å². The summed E-state index contributed by atoms with van der Waals surface area (Å²) in [5, 5.41) is 18.2. The average Bonchev–Trinajstić information content (AvgIpc) is 3.17. The lowest BCUT2D eigenvalue weighted by Gasteiger charge is -2.27. The molecule has 0 bridgehead atoms. The number of carbonyl (C=O) groups excluding carboxylic acids is 4. The first-order chi connectivity index (χ1) is 13.4. The predicted octanol–water partition coefficient (Wildman–Crippen LogP) is -1.10. The Labute approximate surface area is 161 Å². The standard InChI is InChI=1S/C19H22N4O5/c24-12-6-11(21-9-12)8-20-7-10-1-2-13-14(5-10)19(28)23(18(13)27)15-3-4-16(25)22-17(15)26/h1-2,5,11-12,15,20-21,24H,3-4,6-9H2,(H,22,25,26)/t11-,12-,15?/m0/s1. The summed E-state index contributed by atoms with van der Waals surface area (Å²) in [6, 6.07) is 4.31. The van der Waals surface area contributed by atoms with Crippen LogP contribution < -0.4 is 16.0 Å². The van der Waals surface area contributed by atoms with Gasteiger partial charge in [0.15, 0.2) is 0 Å². The number of β-amino-alcohol motifs (C(OH)–C–C–N with tert-alkyl or cyclic N) is 1. The van der Waals surface area contributed by atoms with Crippen molar-refractivity contribution in [3.8, 4) is 0 Å². The molecule has 1 aromatic carbocycles. The zero-order valence-corrected chi connectivity index (χ0v) is 15.2. The van der Waals surface area contributed by atoms with Gasteiger partial charge in [0.05, 0.1) is 17.2 Å². The molecular weight excluding hydrogens is 364 g/mol. The summed E-state index contributed by atoms with van der Waals surface area (Å²) in [7, 11) is 0. The highest BCUT2D eigenvalue weighted by atomic mass is 16.3. The number of benzene rings is 1. The number of fused-ring (bicyclic) bond motifs is 1. The molecule has 3 aliphatic rings. The van der Waals surface area contributed by atoms with Gasteiger partial charge in [-0.3, -0.25) is 29.4 Å². The molecule has 0 aromatic heterocycles. The highest BCUT2D eigenvalue weighted by molar-refractivity contribution is 6.23. The lowest BCUT2D eigenvalue weighted by molar-refractivity contribution is -0.136. The number of amides is 4. The van der Waals surface area contributed by atoms with E-state index in [9.17, 15) is 24.3 Å². The van der Waals surface area contributed by atoms with Gasteiger partial charge >= 0.3 is 0 Å². The summed E-state index contributed by atoms with van der Waals surface area (Å²) in [6.45, 7) is 1.79. The van der Waals surface area contributed by atoms with Crippen LogP contribution in [0, 0.1) is 0 Å². The molecule has 0 aliphatic carbocycles. The highest BCUT2D eigenvalue weighted by Gasteiger charge is 2.44. The van der Waals surface area contributed by atoms with Crippen LogP contribution in [0.5, 0.6) is 0 Å². The Morgan fingerprint density at radius 3 is 2.64 bits per heavy atom. The SMILES string of the molecule is O=C1CCC(N2C(=O)c3ccc(CNC[C@@H]4C[C@H](O)CN4)cc3C2=O)C(=O)N1. The number of hydrogen-bond acceptors (Lipinski definition) is 7. The molecule has 3 heterocycles. The van der Waals surface area contributed by atoms with E-state index in [1.165, 1.54) is 0 Å². The molecule has 4 rings (SSSR count). The smallest absolute Gasteiger partial charge is 0.262 e. The lowest BCUT2D eigenvalue weighted by atomic mass is 10.0. The number of imide groups is 2. The topological polar surface area (TPSA) is 128 Å². The van der Waals surface area contributed by atoms with Gasteiger partial charge in [-0.1, -0.05) is 6.07 Å². The van der Waals surface area contributed by atoms with Gasteiger partial charge in [0.2, 0.25) is 11.8 Å². The van der Waals surface area contributed by atoms with Crippen molar-refractivity contribution in [2.45, 2.75) is 44.0 Å². The molecule has 9 nitrogen and oxygen atoms in total. The van der Waals surface area contributed by atoms with Crippen LogP contribution in [0.4, 0.5) is 0 Å². The molecule has 4 amide bonds. The number of hydrogen-bond donors (Lipinski definition) is 4. The first-order valence-corrected chi connectivity index (χ1v) is 9.40. The fraction of sp³-hybridized carbons (Fsp3) is 0.474. The van der Waals surface area contributed by atoms with Crippen LogP contribution >= 0.6 is 0 Å². The van der Waals surface area contributed by atoms with E-state index in [4.69, 9.17) is 0 Å². The number of aliphatic hydroxyl groups excluding tert-OH is 1. The summed E-state index contributed by atoms with van der Waals surface area (Å²) < 4.78 is 0. The van der Waals surface area contributed by atoms with Gasteiger partial charge in [0, 0.05) is 32.1 Å². The molecule has 2 saturated heterocycles. The molecule has 0 radical (unpaired) electrons. The van der Waals surface area contributed by atoms with E-state index in [0.717, 1.165) is 10.5 Å². The highest BCUT2D eigenvalue weighted by Crippen LogP contribution is 2.28. The van der Waals surface area contributed by atoms with Gasteiger partial charge in [-0.05, 0) is 30.5 Å². The average molecular weight is 386 g/mol. The van der Waals surface area contributed by atoms with Crippen molar-refractivity contribution in [2.24, 2.45) is 0 Å². The number of nitrogens with zero attached hydrogens (tertiary/aromatic N) is 1. The van der Waals surface area contributed by atoms with Crippen LogP contribution in [0.25, 0.3) is 0 Å². The Kier molecular flexibility index (Phi) is 4.96. The Bertz CT molecular complexity index is 855. The maximum atomic E-state index is 12.8. The largest absolute Gasteiger partial charge is 0.392 e. The molecular formula is C19H22N4O5. The minimum absolute atomic E-state index is 0.100. The van der Waals surface area contributed by atoms with Crippen LogP contribution in [-0.2, 0) is 16.1 Å². The molecule has 4 N–H and O–H groups in total. The molecule has 3 aliphatic heterocycles. The Morgan fingerprint density at radius 2 is 1.93 bits per heavy atom. The van der Waals surface area contributed by atoms with Crippen molar-refractivity contribution in [1.29, 1.82) is 0 Å². The molecule has 148 valence electrons. The van der Waals surface area contributed by atoms with Gasteiger partial charge in [0.1, 0.15) is 6.04 Å². The number of nitrogens with one attached hydrogen (secondary N) is 3. The maximum Gasteiger partial charge on any atom is 0.262 e. The zero-order valence-electron chi connectivity index (χ0n) is 15.2. The third-order valence-corrected chi connectivity index (χ3v) is 5.42. The maximum absolute atomic E-state index is 12.8. The Balaban J connectivity index is 1.43. The monoisotopic (exact) mass is 386 g/mol. The number of carbonyl (C=O) groups is 4. The van der Waals surface area contributed by atoms with Crippen LogP contribution in [0.1, 0.15) is 45.5 Å². The predicted molar refractivity (Wildman–Crippen MR) is 97.2 cm³/mol. The van der Waals surface area contributed by atoms with Crippen molar-refractivity contribution < 1.29 is 24.3 Å². The van der Waals surface area contributed by atoms with E-state index in [-0.39, 0.29) is 36.1 Å². The summed E-state index contributed by atoms with van der Waals surface area (Å²) in [5.74, 6) is -2.01. The second kappa shape index (κ2) is 7.42. The van der Waals surface area contributed by atoms with Gasteiger partial charge in [-0.2, -0.15) is 0 Å². The van der Waals surface area contributed by atoms with E-state index in [1.54, 1.807) is 18.2 Å². The van der Waals surface area contributed by atoms with Gasteiger partial charge in [-0.25, -0.2) is 0 Å². The summed E-state index contributed by atoms with van der Waals surface area (Å²) in [6.07, 6.45) is 0.632. The molecule has 2 fully saturated rings. The van der Waals surface area contributed by atoms with Gasteiger partial charge in [-0.15, -0.1) is 0 Å². The van der Waals surface area contributed by atoms with E-state index in [1.807, 2.05) is 0 Å². The van der Waals surface area contributed by atoms with E-state index >= 15 is 0 Å². The number of aliphatic hydroxyl groups is 1. The second-order valence-corrected chi connectivity index (χ2v) is 7.45. The van der Waals surface area contributed by atoms with Crippen LogP contribution in [-0.4, -0.2) is 64.9 Å². The summed E-state index contributed by atoms with van der Waals surface area (Å²) in [5.41, 5.74) is 1.41. The first-order valence-electron chi connectivity index (χ1n) is 9.40. The normalized spacial score (nSPS) is 27.3. The number of piperidine rings is 1. The molecule has 9 heteroatoms. The molecule has 1 aromatic rings. The third-order valence-electron chi connectivity index (χ3n) is 5.42. The molecule has 0 spiro atoms. The van der Waals surface area contributed by atoms with Gasteiger partial charge < -0.3 is 15.7 Å². The van der Waals surface area contributed by atoms with E-state index in [2.05, 4.69) is 16.0 Å². The zero-order chi connectivity index (χ0) is 19.8. The number of rotatable bonds is 5. The minimum atomic E-state index is -0.952. The Hall–Kier alpha value is -2.62. The van der Waals surface area contributed by atoms with Crippen LogP contribution in [0.2, 0.25) is 0 Å².